The highest BCUT2D eigenvalue weighted by Crippen LogP contribution is 2.38. The summed E-state index contributed by atoms with van der Waals surface area (Å²) in [6, 6.07) is -0.737. The summed E-state index contributed by atoms with van der Waals surface area (Å²) in [6.45, 7) is 17.1. The number of ether oxygens (including phenoxy) is 1. The summed E-state index contributed by atoms with van der Waals surface area (Å²) in [5.41, 5.74) is -0.802. The lowest BCUT2D eigenvalue weighted by Gasteiger charge is -2.40. The number of hydrogen-bond donors (Lipinski definition) is 0. The molecule has 1 aliphatic rings. The van der Waals surface area contributed by atoms with Crippen LogP contribution in [0.4, 0.5) is 4.79 Å². The van der Waals surface area contributed by atoms with Gasteiger partial charge >= 0.3 is 16.4 Å². The third kappa shape index (κ3) is 4.93. The van der Waals surface area contributed by atoms with E-state index in [1.54, 1.807) is 27.7 Å². The van der Waals surface area contributed by atoms with Crippen molar-refractivity contribution in [1.82, 2.24) is 4.31 Å². The van der Waals surface area contributed by atoms with Crippen LogP contribution in [0.1, 0.15) is 48.5 Å². The number of nitrogens with zero attached hydrogens (tertiary/aromatic N) is 1. The zero-order chi connectivity index (χ0) is 19.1. The molecule has 0 aromatic rings. The normalized spacial score (nSPS) is 23.2. The summed E-state index contributed by atoms with van der Waals surface area (Å²) in [7, 11) is -6.27. The molecule has 1 amide bonds. The van der Waals surface area contributed by atoms with Crippen molar-refractivity contribution in [2.45, 2.75) is 84.3 Å². The minimum Gasteiger partial charge on any atom is -0.443 e. The van der Waals surface area contributed by atoms with E-state index in [-0.39, 0.29) is 11.6 Å². The van der Waals surface area contributed by atoms with E-state index < -0.39 is 42.5 Å². The fourth-order valence-corrected chi connectivity index (χ4v) is 4.67. The van der Waals surface area contributed by atoms with Gasteiger partial charge in [-0.1, -0.05) is 20.8 Å². The van der Waals surface area contributed by atoms with Crippen molar-refractivity contribution in [3.8, 4) is 0 Å². The lowest BCUT2D eigenvalue weighted by molar-refractivity contribution is 0.0252. The zero-order valence-electron chi connectivity index (χ0n) is 16.2. The Morgan fingerprint density at radius 2 is 1.71 bits per heavy atom. The minimum absolute atomic E-state index is 0.0314. The van der Waals surface area contributed by atoms with E-state index in [1.165, 1.54) is 0 Å². The fraction of sp³-hybridized carbons (Fsp3) is 0.933. The summed E-state index contributed by atoms with van der Waals surface area (Å²) in [4.78, 5) is 12.4. The van der Waals surface area contributed by atoms with Crippen molar-refractivity contribution in [3.63, 3.8) is 0 Å². The first-order chi connectivity index (χ1) is 10.5. The first kappa shape index (κ1) is 21.4. The Hall–Kier alpha value is -0.643. The van der Waals surface area contributed by atoms with Crippen molar-refractivity contribution in [1.29, 1.82) is 0 Å². The number of amides is 1. The fourth-order valence-electron chi connectivity index (χ4n) is 2.03. The van der Waals surface area contributed by atoms with Crippen molar-refractivity contribution in [3.05, 3.63) is 0 Å². The van der Waals surface area contributed by atoms with Crippen LogP contribution < -0.4 is 0 Å². The molecule has 142 valence electrons. The molecule has 0 spiro atoms. The van der Waals surface area contributed by atoms with Crippen molar-refractivity contribution in [2.75, 3.05) is 6.61 Å². The van der Waals surface area contributed by atoms with Crippen LogP contribution in [-0.2, 0) is 23.7 Å². The standard InChI is InChI=1S/C15H31NO6SSi/c1-11(22-24(8,9)15(5,6)7)12-10-20-23(18,19)16(12)13(17)21-14(2,3)4/h11-12H,10H2,1-9H3/t11-,12+/m0/s1. The number of hydrogen-bond acceptors (Lipinski definition) is 6. The Morgan fingerprint density at radius 1 is 1.21 bits per heavy atom. The van der Waals surface area contributed by atoms with Crippen LogP contribution >= 0.6 is 0 Å². The first-order valence-corrected chi connectivity index (χ1v) is 12.3. The van der Waals surface area contributed by atoms with E-state index in [0.717, 1.165) is 0 Å². The van der Waals surface area contributed by atoms with Crippen molar-refractivity contribution >= 4 is 24.7 Å². The molecule has 2 atom stereocenters. The van der Waals surface area contributed by atoms with Crippen LogP contribution in [-0.4, -0.2) is 51.5 Å². The smallest absolute Gasteiger partial charge is 0.426 e. The average molecular weight is 382 g/mol. The maximum Gasteiger partial charge on any atom is 0.426 e. The maximum atomic E-state index is 12.4. The third-order valence-corrected chi connectivity index (χ3v) is 10.2. The molecule has 24 heavy (non-hydrogen) atoms. The van der Waals surface area contributed by atoms with Gasteiger partial charge in [0.2, 0.25) is 0 Å². The molecule has 0 aliphatic carbocycles. The molecule has 0 radical (unpaired) electrons. The van der Waals surface area contributed by atoms with E-state index in [4.69, 9.17) is 13.3 Å². The Morgan fingerprint density at radius 3 is 2.12 bits per heavy atom. The Kier molecular flexibility index (Phi) is 5.87. The Bertz CT molecular complexity index is 576. The molecule has 1 heterocycles. The molecule has 7 nitrogen and oxygen atoms in total. The van der Waals surface area contributed by atoms with Gasteiger partial charge in [0.05, 0.1) is 12.7 Å². The van der Waals surface area contributed by atoms with E-state index in [9.17, 15) is 13.2 Å². The van der Waals surface area contributed by atoms with Gasteiger partial charge in [-0.3, -0.25) is 4.18 Å². The average Bonchev–Trinajstić information content (AvgIpc) is 2.60. The van der Waals surface area contributed by atoms with Gasteiger partial charge in [-0.05, 0) is 45.8 Å². The van der Waals surface area contributed by atoms with Crippen LogP contribution in [0, 0.1) is 0 Å². The molecule has 0 aromatic heterocycles. The number of carbonyl (C=O) groups is 1. The molecule has 0 unspecified atom stereocenters. The molecule has 0 N–H and O–H groups in total. The van der Waals surface area contributed by atoms with Gasteiger partial charge in [0.1, 0.15) is 11.6 Å². The summed E-state index contributed by atoms with van der Waals surface area (Å²) in [6.07, 6.45) is -1.42. The molecule has 0 aromatic carbocycles. The quantitative estimate of drug-likeness (QED) is 0.698. The van der Waals surface area contributed by atoms with Gasteiger partial charge in [-0.2, -0.15) is 12.7 Å². The highest BCUT2D eigenvalue weighted by atomic mass is 32.2. The lowest BCUT2D eigenvalue weighted by Crippen LogP contribution is -2.52. The second kappa shape index (κ2) is 6.58. The summed E-state index contributed by atoms with van der Waals surface area (Å²) >= 11 is 0. The molecule has 1 aliphatic heterocycles. The van der Waals surface area contributed by atoms with E-state index in [0.29, 0.717) is 4.31 Å². The summed E-state index contributed by atoms with van der Waals surface area (Å²) in [5.74, 6) is 0. The molecule has 1 rings (SSSR count). The molecular weight excluding hydrogens is 350 g/mol. The predicted molar refractivity (Wildman–Crippen MR) is 94.5 cm³/mol. The highest BCUT2D eigenvalue weighted by molar-refractivity contribution is 7.85. The van der Waals surface area contributed by atoms with Gasteiger partial charge in [0.15, 0.2) is 8.32 Å². The topological polar surface area (TPSA) is 82.1 Å². The van der Waals surface area contributed by atoms with Gasteiger partial charge < -0.3 is 9.16 Å². The predicted octanol–water partition coefficient (Wildman–Crippen LogP) is 3.28. The van der Waals surface area contributed by atoms with Crippen LogP contribution in [0.2, 0.25) is 18.1 Å². The van der Waals surface area contributed by atoms with Gasteiger partial charge in [-0.15, -0.1) is 0 Å². The van der Waals surface area contributed by atoms with E-state index in [2.05, 4.69) is 33.9 Å². The Balaban J connectivity index is 3.03. The maximum absolute atomic E-state index is 12.4. The summed E-state index contributed by atoms with van der Waals surface area (Å²) in [5, 5.41) is -0.0314. The van der Waals surface area contributed by atoms with Crippen LogP contribution in [0.15, 0.2) is 0 Å². The van der Waals surface area contributed by atoms with E-state index in [1.807, 2.05) is 0 Å². The van der Waals surface area contributed by atoms with Crippen LogP contribution in [0.25, 0.3) is 0 Å². The lowest BCUT2D eigenvalue weighted by atomic mass is 10.2. The largest absolute Gasteiger partial charge is 0.443 e. The first-order valence-electron chi connectivity index (χ1n) is 8.07. The SMILES string of the molecule is C[C@H](O[Si](C)(C)C(C)(C)C)[C@H]1COS(=O)(=O)N1C(=O)OC(C)(C)C. The van der Waals surface area contributed by atoms with Crippen LogP contribution in [0.3, 0.4) is 0 Å². The van der Waals surface area contributed by atoms with Crippen molar-refractivity contribution in [2.24, 2.45) is 0 Å². The molecule has 1 saturated heterocycles. The summed E-state index contributed by atoms with van der Waals surface area (Å²) < 4.78 is 41.2. The van der Waals surface area contributed by atoms with Gasteiger partial charge in [0, 0.05) is 0 Å². The van der Waals surface area contributed by atoms with E-state index >= 15 is 0 Å². The van der Waals surface area contributed by atoms with Gasteiger partial charge in [-0.25, -0.2) is 4.79 Å². The molecule has 9 heteroatoms. The number of carbonyl (C=O) groups excluding carboxylic acids is 1. The number of rotatable bonds is 3. The van der Waals surface area contributed by atoms with Crippen molar-refractivity contribution < 1.29 is 26.6 Å². The Labute approximate surface area is 147 Å². The minimum atomic E-state index is -4.15. The second-order valence-electron chi connectivity index (χ2n) is 8.67. The monoisotopic (exact) mass is 381 g/mol. The van der Waals surface area contributed by atoms with Gasteiger partial charge in [0.25, 0.3) is 0 Å². The molecule has 1 fully saturated rings. The van der Waals surface area contributed by atoms with Crippen LogP contribution in [0.5, 0.6) is 0 Å². The second-order valence-corrected chi connectivity index (χ2v) is 14.9. The molecule has 0 saturated carbocycles. The molecular formula is C15H31NO6SSi. The molecule has 0 bridgehead atoms. The zero-order valence-corrected chi connectivity index (χ0v) is 18.0. The third-order valence-electron chi connectivity index (χ3n) is 4.33. The highest BCUT2D eigenvalue weighted by Gasteiger charge is 2.49.